The molecular weight excluding hydrogens is 334 g/mol. The Morgan fingerprint density at radius 1 is 0.920 bits per heavy atom. The van der Waals surface area contributed by atoms with Crippen molar-refractivity contribution in [2.75, 3.05) is 16.4 Å². The molecule has 0 unspecified atom stereocenters. The highest BCUT2D eigenvalue weighted by molar-refractivity contribution is 6.31. The maximum absolute atomic E-state index is 6.25. The zero-order chi connectivity index (χ0) is 18.0. The molecule has 1 heterocycles. The zero-order valence-electron chi connectivity index (χ0n) is 14.4. The number of rotatable bonds is 4. The van der Waals surface area contributed by atoms with Crippen molar-refractivity contribution in [3.63, 3.8) is 0 Å². The molecule has 0 amide bonds. The van der Waals surface area contributed by atoms with E-state index in [0.29, 0.717) is 22.3 Å². The van der Waals surface area contributed by atoms with E-state index < -0.39 is 0 Å². The fraction of sp³-hybridized carbons (Fsp3) is 0.158. The van der Waals surface area contributed by atoms with Crippen LogP contribution in [0.3, 0.4) is 0 Å². The number of nitrogens with zero attached hydrogens (tertiary/aromatic N) is 2. The van der Waals surface area contributed by atoms with E-state index in [0.717, 1.165) is 22.5 Å². The van der Waals surface area contributed by atoms with Crippen LogP contribution in [0.5, 0.6) is 0 Å². The molecule has 0 radical (unpaired) electrons. The number of aromatic nitrogens is 2. The van der Waals surface area contributed by atoms with E-state index >= 15 is 0 Å². The van der Waals surface area contributed by atoms with Gasteiger partial charge < -0.3 is 16.4 Å². The summed E-state index contributed by atoms with van der Waals surface area (Å²) in [5.41, 5.74) is 11.8. The Morgan fingerprint density at radius 2 is 1.64 bits per heavy atom. The minimum absolute atomic E-state index is 0.445. The van der Waals surface area contributed by atoms with E-state index in [1.165, 1.54) is 11.9 Å². The van der Waals surface area contributed by atoms with Gasteiger partial charge in [0, 0.05) is 16.4 Å². The second kappa shape index (κ2) is 6.99. The van der Waals surface area contributed by atoms with Gasteiger partial charge in [-0.3, -0.25) is 0 Å². The van der Waals surface area contributed by atoms with Crippen LogP contribution in [0.2, 0.25) is 5.02 Å². The summed E-state index contributed by atoms with van der Waals surface area (Å²) in [7, 11) is 0. The highest BCUT2D eigenvalue weighted by Crippen LogP contribution is 2.30. The molecule has 25 heavy (non-hydrogen) atoms. The molecule has 0 bridgehead atoms. The van der Waals surface area contributed by atoms with Crippen molar-refractivity contribution >= 4 is 40.3 Å². The highest BCUT2D eigenvalue weighted by atomic mass is 35.5. The number of halogens is 1. The number of nitrogens with two attached hydrogens (primary N) is 1. The Kier molecular flexibility index (Phi) is 4.76. The van der Waals surface area contributed by atoms with E-state index in [9.17, 15) is 0 Å². The van der Waals surface area contributed by atoms with Crippen LogP contribution in [0.25, 0.3) is 0 Å². The third-order valence-corrected chi connectivity index (χ3v) is 4.58. The first kappa shape index (κ1) is 17.0. The monoisotopic (exact) mass is 353 g/mol. The van der Waals surface area contributed by atoms with Crippen molar-refractivity contribution in [1.82, 2.24) is 9.97 Å². The molecule has 4 N–H and O–H groups in total. The number of aryl methyl sites for hydroxylation is 2. The smallest absolute Gasteiger partial charge is 0.159 e. The van der Waals surface area contributed by atoms with Crippen molar-refractivity contribution in [3.05, 3.63) is 64.4 Å². The molecule has 3 rings (SSSR count). The lowest BCUT2D eigenvalue weighted by molar-refractivity contribution is 1.17. The maximum atomic E-state index is 6.25. The summed E-state index contributed by atoms with van der Waals surface area (Å²) in [6, 6.07) is 11.8. The summed E-state index contributed by atoms with van der Waals surface area (Å²) in [6.07, 6.45) is 1.47. The summed E-state index contributed by atoms with van der Waals surface area (Å²) < 4.78 is 0. The first-order chi connectivity index (χ1) is 12.0. The molecule has 3 aromatic rings. The normalized spacial score (nSPS) is 10.6. The first-order valence-electron chi connectivity index (χ1n) is 7.92. The average Bonchev–Trinajstić information content (AvgIpc) is 2.59. The minimum Gasteiger partial charge on any atom is -0.393 e. The SMILES string of the molecule is Cc1ccc(Nc2ncnc(Nc3cccc(C)c3C)c2N)cc1Cl. The lowest BCUT2D eigenvalue weighted by Gasteiger charge is -2.15. The van der Waals surface area contributed by atoms with Gasteiger partial charge >= 0.3 is 0 Å². The maximum Gasteiger partial charge on any atom is 0.159 e. The number of nitrogen functional groups attached to an aromatic ring is 1. The van der Waals surface area contributed by atoms with E-state index in [-0.39, 0.29) is 0 Å². The fourth-order valence-electron chi connectivity index (χ4n) is 2.42. The summed E-state index contributed by atoms with van der Waals surface area (Å²) in [5.74, 6) is 1.09. The number of hydrogen-bond donors (Lipinski definition) is 3. The summed E-state index contributed by atoms with van der Waals surface area (Å²) in [5, 5.41) is 7.16. The molecule has 128 valence electrons. The quantitative estimate of drug-likeness (QED) is 0.606. The van der Waals surface area contributed by atoms with Gasteiger partial charge in [0.2, 0.25) is 0 Å². The topological polar surface area (TPSA) is 75.9 Å². The van der Waals surface area contributed by atoms with Gasteiger partial charge in [0.25, 0.3) is 0 Å². The predicted molar refractivity (Wildman–Crippen MR) is 105 cm³/mol. The molecule has 0 saturated heterocycles. The van der Waals surface area contributed by atoms with E-state index in [2.05, 4.69) is 40.5 Å². The van der Waals surface area contributed by atoms with E-state index in [4.69, 9.17) is 17.3 Å². The van der Waals surface area contributed by atoms with Crippen molar-refractivity contribution in [2.45, 2.75) is 20.8 Å². The second-order valence-electron chi connectivity index (χ2n) is 5.95. The molecule has 5 nitrogen and oxygen atoms in total. The Hall–Kier alpha value is -2.79. The predicted octanol–water partition coefficient (Wildman–Crippen LogP) is 5.12. The molecule has 1 aromatic heterocycles. The lowest BCUT2D eigenvalue weighted by atomic mass is 10.1. The first-order valence-corrected chi connectivity index (χ1v) is 8.30. The van der Waals surface area contributed by atoms with Gasteiger partial charge in [-0.05, 0) is 55.7 Å². The van der Waals surface area contributed by atoms with E-state index in [1.807, 2.05) is 37.3 Å². The van der Waals surface area contributed by atoms with E-state index in [1.54, 1.807) is 0 Å². The molecule has 0 aliphatic heterocycles. The number of benzene rings is 2. The van der Waals surface area contributed by atoms with Crippen LogP contribution in [0.1, 0.15) is 16.7 Å². The van der Waals surface area contributed by atoms with Gasteiger partial charge in [0.05, 0.1) is 0 Å². The van der Waals surface area contributed by atoms with Crippen LogP contribution < -0.4 is 16.4 Å². The Morgan fingerprint density at radius 3 is 2.36 bits per heavy atom. The average molecular weight is 354 g/mol. The van der Waals surface area contributed by atoms with Crippen molar-refractivity contribution in [3.8, 4) is 0 Å². The summed E-state index contributed by atoms with van der Waals surface area (Å²) in [4.78, 5) is 8.50. The number of nitrogens with one attached hydrogen (secondary N) is 2. The van der Waals surface area contributed by atoms with Crippen LogP contribution in [-0.2, 0) is 0 Å². The molecule has 0 aliphatic carbocycles. The number of anilines is 5. The minimum atomic E-state index is 0.445. The Balaban J connectivity index is 1.89. The highest BCUT2D eigenvalue weighted by Gasteiger charge is 2.10. The van der Waals surface area contributed by atoms with Crippen LogP contribution in [0, 0.1) is 20.8 Å². The molecule has 0 saturated carbocycles. The third-order valence-electron chi connectivity index (χ3n) is 4.18. The van der Waals surface area contributed by atoms with Gasteiger partial charge in [-0.15, -0.1) is 0 Å². The second-order valence-corrected chi connectivity index (χ2v) is 6.35. The van der Waals surface area contributed by atoms with Gasteiger partial charge in [-0.25, -0.2) is 9.97 Å². The van der Waals surface area contributed by atoms with Gasteiger partial charge in [-0.1, -0.05) is 29.8 Å². The van der Waals surface area contributed by atoms with Gasteiger partial charge in [0.15, 0.2) is 11.6 Å². The molecule has 0 spiro atoms. The van der Waals surface area contributed by atoms with Crippen molar-refractivity contribution in [1.29, 1.82) is 0 Å². The van der Waals surface area contributed by atoms with Crippen LogP contribution in [-0.4, -0.2) is 9.97 Å². The third kappa shape index (κ3) is 3.67. The fourth-order valence-corrected chi connectivity index (χ4v) is 2.60. The van der Waals surface area contributed by atoms with Crippen LogP contribution in [0.15, 0.2) is 42.7 Å². The summed E-state index contributed by atoms with van der Waals surface area (Å²) in [6.45, 7) is 6.08. The standard InChI is InChI=1S/C19H20ClN5/c1-11-5-4-6-16(13(11)3)25-19-17(21)18(22-10-23-19)24-14-8-7-12(2)15(20)9-14/h4-10H,21H2,1-3H3,(H2,22,23,24,25). The Bertz CT molecular complexity index is 924. The molecule has 0 atom stereocenters. The molecule has 6 heteroatoms. The number of hydrogen-bond acceptors (Lipinski definition) is 5. The molecule has 0 aliphatic rings. The Labute approximate surface area is 152 Å². The summed E-state index contributed by atoms with van der Waals surface area (Å²) >= 11 is 6.17. The largest absolute Gasteiger partial charge is 0.393 e. The van der Waals surface area contributed by atoms with Crippen molar-refractivity contribution < 1.29 is 0 Å². The molecular formula is C19H20ClN5. The van der Waals surface area contributed by atoms with Gasteiger partial charge in [-0.2, -0.15) is 0 Å². The molecule has 0 fully saturated rings. The zero-order valence-corrected chi connectivity index (χ0v) is 15.1. The lowest BCUT2D eigenvalue weighted by Crippen LogP contribution is -2.06. The van der Waals surface area contributed by atoms with Crippen molar-refractivity contribution in [2.24, 2.45) is 0 Å². The van der Waals surface area contributed by atoms with Crippen LogP contribution >= 0.6 is 11.6 Å². The molecule has 2 aromatic carbocycles. The van der Waals surface area contributed by atoms with Crippen LogP contribution in [0.4, 0.5) is 28.7 Å². The van der Waals surface area contributed by atoms with Gasteiger partial charge in [0.1, 0.15) is 12.0 Å².